The summed E-state index contributed by atoms with van der Waals surface area (Å²) in [6.45, 7) is 4.12. The Bertz CT molecular complexity index is 529. The van der Waals surface area contributed by atoms with Crippen LogP contribution in [0.25, 0.3) is 0 Å². The lowest BCUT2D eigenvalue weighted by Gasteiger charge is -2.29. The van der Waals surface area contributed by atoms with E-state index in [1.807, 2.05) is 13.0 Å². The van der Waals surface area contributed by atoms with E-state index in [1.54, 1.807) is 12.1 Å². The van der Waals surface area contributed by atoms with Crippen LogP contribution in [0, 0.1) is 34.8 Å². The third-order valence-corrected chi connectivity index (χ3v) is 5.25. The zero-order chi connectivity index (χ0) is 14.3. The van der Waals surface area contributed by atoms with E-state index in [0.29, 0.717) is 17.6 Å². The Hall–Kier alpha value is -1.58. The van der Waals surface area contributed by atoms with Crippen molar-refractivity contribution in [2.75, 3.05) is 5.32 Å². The molecule has 2 fully saturated rings. The molecular formula is C16H22N2O2. The standard InChI is InChI=1S/C16H22N2O2/c1-10-4-3-5-15(18(19)20)16(10)17-11(2)14-9-12-6-7-13(14)8-12/h3-5,11-14,17H,6-9H2,1-2H3. The van der Waals surface area contributed by atoms with Gasteiger partial charge >= 0.3 is 0 Å². The fourth-order valence-electron chi connectivity index (χ4n) is 4.23. The highest BCUT2D eigenvalue weighted by Gasteiger charge is 2.42. The molecule has 2 aliphatic carbocycles. The minimum Gasteiger partial charge on any atom is -0.377 e. The minimum absolute atomic E-state index is 0.194. The summed E-state index contributed by atoms with van der Waals surface area (Å²) in [5.41, 5.74) is 1.85. The molecule has 2 aliphatic rings. The molecule has 3 rings (SSSR count). The van der Waals surface area contributed by atoms with Crippen molar-refractivity contribution in [3.8, 4) is 0 Å². The van der Waals surface area contributed by atoms with Gasteiger partial charge in [-0.05, 0) is 56.4 Å². The first kappa shape index (κ1) is 13.4. The number of nitro benzene ring substituents is 1. The highest BCUT2D eigenvalue weighted by atomic mass is 16.6. The Kier molecular flexibility index (Phi) is 3.40. The Labute approximate surface area is 119 Å². The van der Waals surface area contributed by atoms with Gasteiger partial charge in [0.2, 0.25) is 0 Å². The van der Waals surface area contributed by atoms with E-state index in [4.69, 9.17) is 0 Å². The van der Waals surface area contributed by atoms with Crippen LogP contribution in [-0.4, -0.2) is 11.0 Å². The van der Waals surface area contributed by atoms with Crippen LogP contribution in [0.2, 0.25) is 0 Å². The third kappa shape index (κ3) is 2.28. The molecule has 0 aliphatic heterocycles. The summed E-state index contributed by atoms with van der Waals surface area (Å²) < 4.78 is 0. The molecule has 1 aromatic carbocycles. The quantitative estimate of drug-likeness (QED) is 0.663. The molecule has 0 amide bonds. The van der Waals surface area contributed by atoms with Crippen molar-refractivity contribution in [2.24, 2.45) is 17.8 Å². The van der Waals surface area contributed by atoms with Crippen LogP contribution >= 0.6 is 0 Å². The Balaban J connectivity index is 1.79. The van der Waals surface area contributed by atoms with Crippen LogP contribution in [0.5, 0.6) is 0 Å². The first-order valence-electron chi connectivity index (χ1n) is 7.56. The molecule has 20 heavy (non-hydrogen) atoms. The maximum absolute atomic E-state index is 11.2. The van der Waals surface area contributed by atoms with Crippen LogP contribution in [-0.2, 0) is 0 Å². The normalized spacial score (nSPS) is 29.4. The summed E-state index contributed by atoms with van der Waals surface area (Å²) in [4.78, 5) is 10.9. The van der Waals surface area contributed by atoms with Crippen LogP contribution < -0.4 is 5.32 Å². The fourth-order valence-corrected chi connectivity index (χ4v) is 4.23. The van der Waals surface area contributed by atoms with Crippen LogP contribution in [0.15, 0.2) is 18.2 Å². The van der Waals surface area contributed by atoms with Gasteiger partial charge < -0.3 is 5.32 Å². The second-order valence-corrected chi connectivity index (χ2v) is 6.50. The zero-order valence-corrected chi connectivity index (χ0v) is 12.1. The van der Waals surface area contributed by atoms with Gasteiger partial charge in [0.1, 0.15) is 5.69 Å². The van der Waals surface area contributed by atoms with E-state index < -0.39 is 0 Å². The smallest absolute Gasteiger partial charge is 0.292 e. The summed E-state index contributed by atoms with van der Waals surface area (Å²) >= 11 is 0. The number of hydrogen-bond donors (Lipinski definition) is 1. The third-order valence-electron chi connectivity index (χ3n) is 5.25. The molecule has 4 unspecified atom stereocenters. The molecule has 0 spiro atoms. The van der Waals surface area contributed by atoms with Crippen molar-refractivity contribution in [3.05, 3.63) is 33.9 Å². The second-order valence-electron chi connectivity index (χ2n) is 6.50. The zero-order valence-electron chi connectivity index (χ0n) is 12.1. The number of aryl methyl sites for hydroxylation is 1. The van der Waals surface area contributed by atoms with Gasteiger partial charge in [-0.1, -0.05) is 18.6 Å². The number of nitro groups is 1. The maximum Gasteiger partial charge on any atom is 0.292 e. The summed E-state index contributed by atoms with van der Waals surface area (Å²) in [6.07, 6.45) is 5.39. The first-order valence-corrected chi connectivity index (χ1v) is 7.56. The van der Waals surface area contributed by atoms with Gasteiger partial charge in [-0.25, -0.2) is 0 Å². The minimum atomic E-state index is -0.289. The van der Waals surface area contributed by atoms with E-state index in [2.05, 4.69) is 12.2 Å². The molecule has 0 saturated heterocycles. The van der Waals surface area contributed by atoms with E-state index in [9.17, 15) is 10.1 Å². The largest absolute Gasteiger partial charge is 0.377 e. The Morgan fingerprint density at radius 3 is 2.75 bits per heavy atom. The van der Waals surface area contributed by atoms with Crippen molar-refractivity contribution in [1.82, 2.24) is 0 Å². The summed E-state index contributed by atoms with van der Waals surface area (Å²) in [7, 11) is 0. The van der Waals surface area contributed by atoms with Gasteiger partial charge in [0.25, 0.3) is 5.69 Å². The van der Waals surface area contributed by atoms with Crippen molar-refractivity contribution in [1.29, 1.82) is 0 Å². The topological polar surface area (TPSA) is 55.2 Å². The molecule has 2 bridgehead atoms. The lowest BCUT2D eigenvalue weighted by atomic mass is 9.84. The Morgan fingerprint density at radius 1 is 1.35 bits per heavy atom. The van der Waals surface area contributed by atoms with E-state index in [1.165, 1.54) is 25.7 Å². The second kappa shape index (κ2) is 5.08. The first-order chi connectivity index (χ1) is 9.56. The number of para-hydroxylation sites is 1. The van der Waals surface area contributed by atoms with E-state index >= 15 is 0 Å². The molecule has 1 N–H and O–H groups in total. The number of fused-ring (bicyclic) bond motifs is 2. The molecule has 4 heteroatoms. The van der Waals surface area contributed by atoms with E-state index in [-0.39, 0.29) is 10.6 Å². The summed E-state index contributed by atoms with van der Waals surface area (Å²) in [6, 6.07) is 5.58. The van der Waals surface area contributed by atoms with E-state index in [0.717, 1.165) is 17.4 Å². The average Bonchev–Trinajstić information content (AvgIpc) is 3.03. The van der Waals surface area contributed by atoms with Gasteiger partial charge in [-0.15, -0.1) is 0 Å². The molecule has 108 valence electrons. The number of benzene rings is 1. The van der Waals surface area contributed by atoms with Gasteiger partial charge in [0, 0.05) is 12.1 Å². The van der Waals surface area contributed by atoms with Crippen molar-refractivity contribution < 1.29 is 4.92 Å². The molecule has 1 aromatic rings. The number of nitrogens with one attached hydrogen (secondary N) is 1. The molecule has 0 aromatic heterocycles. The predicted octanol–water partition coefficient (Wildman–Crippen LogP) is 4.14. The van der Waals surface area contributed by atoms with Crippen LogP contribution in [0.3, 0.4) is 0 Å². The molecule has 4 atom stereocenters. The molecular weight excluding hydrogens is 252 g/mol. The van der Waals surface area contributed by atoms with Gasteiger partial charge in [0.05, 0.1) is 4.92 Å². The van der Waals surface area contributed by atoms with Crippen LogP contribution in [0.1, 0.15) is 38.2 Å². The molecule has 0 heterocycles. The van der Waals surface area contributed by atoms with Gasteiger partial charge in [0.15, 0.2) is 0 Å². The summed E-state index contributed by atoms with van der Waals surface area (Å²) in [5, 5.41) is 14.6. The molecule has 0 radical (unpaired) electrons. The van der Waals surface area contributed by atoms with Gasteiger partial charge in [-0.3, -0.25) is 10.1 Å². The lowest BCUT2D eigenvalue weighted by molar-refractivity contribution is -0.384. The van der Waals surface area contributed by atoms with Crippen molar-refractivity contribution in [2.45, 2.75) is 45.6 Å². The highest BCUT2D eigenvalue weighted by Crippen LogP contribution is 2.50. The number of hydrogen-bond acceptors (Lipinski definition) is 3. The SMILES string of the molecule is Cc1cccc([N+](=O)[O-])c1NC(C)C1CC2CCC1C2. The van der Waals surface area contributed by atoms with Crippen molar-refractivity contribution >= 4 is 11.4 Å². The predicted molar refractivity (Wildman–Crippen MR) is 79.9 cm³/mol. The Morgan fingerprint density at radius 2 is 2.15 bits per heavy atom. The van der Waals surface area contributed by atoms with Crippen LogP contribution in [0.4, 0.5) is 11.4 Å². The number of anilines is 1. The monoisotopic (exact) mass is 274 g/mol. The highest BCUT2D eigenvalue weighted by molar-refractivity contribution is 5.66. The number of rotatable bonds is 4. The summed E-state index contributed by atoms with van der Waals surface area (Å²) in [5.74, 6) is 2.40. The molecule has 2 saturated carbocycles. The maximum atomic E-state index is 11.2. The number of nitrogens with zero attached hydrogens (tertiary/aromatic N) is 1. The fraction of sp³-hybridized carbons (Fsp3) is 0.625. The van der Waals surface area contributed by atoms with Crippen molar-refractivity contribution in [3.63, 3.8) is 0 Å². The molecule has 4 nitrogen and oxygen atoms in total. The van der Waals surface area contributed by atoms with Gasteiger partial charge in [-0.2, -0.15) is 0 Å². The lowest BCUT2D eigenvalue weighted by Crippen LogP contribution is -2.30. The average molecular weight is 274 g/mol.